The van der Waals surface area contributed by atoms with E-state index in [0.717, 1.165) is 11.8 Å². The molecule has 0 heterocycles. The van der Waals surface area contributed by atoms with Gasteiger partial charge in [0.1, 0.15) is 0 Å². The molecule has 70 valence electrons. The first-order valence-corrected chi connectivity index (χ1v) is 5.21. The van der Waals surface area contributed by atoms with Gasteiger partial charge in [-0.25, -0.2) is 0 Å². The molecule has 2 saturated carbocycles. The van der Waals surface area contributed by atoms with Crippen molar-refractivity contribution in [2.75, 3.05) is 0 Å². The minimum Gasteiger partial charge on any atom is -0.0995 e. The van der Waals surface area contributed by atoms with E-state index in [9.17, 15) is 0 Å². The highest BCUT2D eigenvalue weighted by molar-refractivity contribution is 5.33. The Kier molecular flexibility index (Phi) is 2.15. The van der Waals surface area contributed by atoms with Gasteiger partial charge in [0, 0.05) is 0 Å². The Bertz CT molecular complexity index is 291. The van der Waals surface area contributed by atoms with Gasteiger partial charge in [0.2, 0.25) is 0 Å². The summed E-state index contributed by atoms with van der Waals surface area (Å²) in [5.41, 5.74) is 4.58. The Morgan fingerprint density at radius 2 is 2.15 bits per heavy atom. The van der Waals surface area contributed by atoms with Gasteiger partial charge in [-0.2, -0.15) is 0 Å². The van der Waals surface area contributed by atoms with Crippen LogP contribution in [0, 0.1) is 11.8 Å². The van der Waals surface area contributed by atoms with Gasteiger partial charge in [-0.1, -0.05) is 35.5 Å². The molecule has 0 aliphatic heterocycles. The third-order valence-corrected chi connectivity index (χ3v) is 3.53. The summed E-state index contributed by atoms with van der Waals surface area (Å²) < 4.78 is 0. The second kappa shape index (κ2) is 3.17. The molecule has 2 aliphatic rings. The smallest absolute Gasteiger partial charge is 0.0157 e. The van der Waals surface area contributed by atoms with Crippen LogP contribution in [0.25, 0.3) is 0 Å². The van der Waals surface area contributed by atoms with E-state index in [1.54, 1.807) is 5.57 Å². The summed E-state index contributed by atoms with van der Waals surface area (Å²) >= 11 is 0. The van der Waals surface area contributed by atoms with E-state index in [1.165, 1.54) is 30.4 Å². The normalized spacial score (nSPS) is 36.3. The fourth-order valence-electron chi connectivity index (χ4n) is 2.59. The molecule has 0 amide bonds. The molecule has 2 rings (SSSR count). The zero-order valence-corrected chi connectivity index (χ0v) is 8.64. The molecule has 13 heavy (non-hydrogen) atoms. The molecule has 0 aromatic rings. The molecule has 0 radical (unpaired) electrons. The topological polar surface area (TPSA) is 0 Å². The summed E-state index contributed by atoms with van der Waals surface area (Å²) in [5, 5.41) is 0. The lowest BCUT2D eigenvalue weighted by molar-refractivity contribution is 0.686. The first-order chi connectivity index (χ1) is 6.20. The fraction of sp³-hybridized carbons (Fsp3) is 0.538. The molecule has 0 N–H and O–H groups in total. The number of rotatable bonds is 1. The van der Waals surface area contributed by atoms with Crippen LogP contribution in [-0.2, 0) is 0 Å². The van der Waals surface area contributed by atoms with Gasteiger partial charge < -0.3 is 0 Å². The highest BCUT2D eigenvalue weighted by Crippen LogP contribution is 2.50. The molecule has 0 aromatic heterocycles. The van der Waals surface area contributed by atoms with Crippen LogP contribution in [0.4, 0.5) is 0 Å². The van der Waals surface area contributed by atoms with E-state index in [1.807, 2.05) is 0 Å². The summed E-state index contributed by atoms with van der Waals surface area (Å²) in [6.45, 7) is 8.43. The van der Waals surface area contributed by atoms with Crippen molar-refractivity contribution in [3.63, 3.8) is 0 Å². The molecular formula is C13H18. The van der Waals surface area contributed by atoms with E-state index in [4.69, 9.17) is 0 Å². The van der Waals surface area contributed by atoms with E-state index >= 15 is 0 Å². The monoisotopic (exact) mass is 174 g/mol. The van der Waals surface area contributed by atoms with Crippen LogP contribution in [0.5, 0.6) is 0 Å². The summed E-state index contributed by atoms with van der Waals surface area (Å²) in [7, 11) is 0. The second-order valence-electron chi connectivity index (χ2n) is 4.45. The number of hydrogen-bond donors (Lipinski definition) is 0. The molecule has 2 fully saturated rings. The maximum absolute atomic E-state index is 4.13. The first kappa shape index (κ1) is 8.80. The largest absolute Gasteiger partial charge is 0.0995 e. The van der Waals surface area contributed by atoms with Crippen LogP contribution < -0.4 is 0 Å². The Hall–Kier alpha value is -0.780. The van der Waals surface area contributed by atoms with Gasteiger partial charge in [-0.3, -0.25) is 0 Å². The molecule has 0 spiro atoms. The van der Waals surface area contributed by atoms with Crippen molar-refractivity contribution in [3.8, 4) is 0 Å². The van der Waals surface area contributed by atoms with Crippen molar-refractivity contribution in [2.45, 2.75) is 33.1 Å². The summed E-state index contributed by atoms with van der Waals surface area (Å²) in [6, 6.07) is 0. The number of allylic oxidation sites excluding steroid dienone is 5. The molecule has 2 unspecified atom stereocenters. The molecular weight excluding hydrogens is 156 g/mol. The molecule has 2 atom stereocenters. The number of fused-ring (bicyclic) bond motifs is 2. The molecule has 0 heteroatoms. The Morgan fingerprint density at radius 1 is 1.38 bits per heavy atom. The Labute approximate surface area is 81.0 Å². The fourth-order valence-corrected chi connectivity index (χ4v) is 2.59. The standard InChI is InChI=1S/C13H18/c1-4-9(2)5-12-7-11-8-13(12)6-10(11)3/h4-5,11,13H,3,6-8H2,1-2H3. The van der Waals surface area contributed by atoms with E-state index in [2.05, 4.69) is 32.6 Å². The second-order valence-corrected chi connectivity index (χ2v) is 4.45. The van der Waals surface area contributed by atoms with Gasteiger partial charge in [0.15, 0.2) is 0 Å². The van der Waals surface area contributed by atoms with E-state index < -0.39 is 0 Å². The van der Waals surface area contributed by atoms with E-state index in [-0.39, 0.29) is 0 Å². The predicted molar refractivity (Wildman–Crippen MR) is 57.5 cm³/mol. The van der Waals surface area contributed by atoms with Gasteiger partial charge in [-0.15, -0.1) is 0 Å². The van der Waals surface area contributed by atoms with Crippen molar-refractivity contribution in [1.82, 2.24) is 0 Å². The molecule has 0 aromatic carbocycles. The van der Waals surface area contributed by atoms with Crippen LogP contribution in [-0.4, -0.2) is 0 Å². The van der Waals surface area contributed by atoms with Gasteiger partial charge >= 0.3 is 0 Å². The highest BCUT2D eigenvalue weighted by atomic mass is 14.4. The summed E-state index contributed by atoms with van der Waals surface area (Å²) in [5.74, 6) is 1.66. The maximum Gasteiger partial charge on any atom is -0.0157 e. The zero-order chi connectivity index (χ0) is 9.42. The lowest BCUT2D eigenvalue weighted by atomic mass is 9.90. The summed E-state index contributed by atoms with van der Waals surface area (Å²) in [4.78, 5) is 0. The van der Waals surface area contributed by atoms with Crippen molar-refractivity contribution in [3.05, 3.63) is 35.5 Å². The highest BCUT2D eigenvalue weighted by Gasteiger charge is 2.37. The average molecular weight is 174 g/mol. The lowest BCUT2D eigenvalue weighted by Gasteiger charge is -2.15. The predicted octanol–water partition coefficient (Wildman–Crippen LogP) is 3.87. The van der Waals surface area contributed by atoms with E-state index in [0.29, 0.717) is 0 Å². The Morgan fingerprint density at radius 3 is 2.62 bits per heavy atom. The Balaban J connectivity index is 2.15. The third-order valence-electron chi connectivity index (χ3n) is 3.53. The molecule has 0 saturated heterocycles. The zero-order valence-electron chi connectivity index (χ0n) is 8.64. The van der Waals surface area contributed by atoms with Crippen LogP contribution in [0.3, 0.4) is 0 Å². The lowest BCUT2D eigenvalue weighted by Crippen LogP contribution is -2.00. The van der Waals surface area contributed by atoms with Crippen LogP contribution >= 0.6 is 0 Å². The van der Waals surface area contributed by atoms with Crippen LogP contribution in [0.2, 0.25) is 0 Å². The minimum absolute atomic E-state index is 0.820. The van der Waals surface area contributed by atoms with Crippen molar-refractivity contribution < 1.29 is 0 Å². The first-order valence-electron chi connectivity index (χ1n) is 5.21. The molecule has 2 aliphatic carbocycles. The van der Waals surface area contributed by atoms with Crippen molar-refractivity contribution >= 4 is 0 Å². The van der Waals surface area contributed by atoms with Crippen molar-refractivity contribution in [2.24, 2.45) is 11.8 Å². The molecule has 0 nitrogen and oxygen atoms in total. The van der Waals surface area contributed by atoms with Gasteiger partial charge in [-0.05, 0) is 44.9 Å². The maximum atomic E-state index is 4.13. The van der Waals surface area contributed by atoms with Crippen molar-refractivity contribution in [1.29, 1.82) is 0 Å². The quantitative estimate of drug-likeness (QED) is 0.529. The third kappa shape index (κ3) is 1.50. The van der Waals surface area contributed by atoms with Gasteiger partial charge in [0.25, 0.3) is 0 Å². The van der Waals surface area contributed by atoms with Crippen LogP contribution in [0.15, 0.2) is 35.5 Å². The number of hydrogen-bond acceptors (Lipinski definition) is 0. The summed E-state index contributed by atoms with van der Waals surface area (Å²) in [6.07, 6.45) is 8.49. The molecule has 2 bridgehead atoms. The van der Waals surface area contributed by atoms with Crippen LogP contribution in [0.1, 0.15) is 33.1 Å². The average Bonchev–Trinajstić information content (AvgIpc) is 2.63. The van der Waals surface area contributed by atoms with Gasteiger partial charge in [0.05, 0.1) is 0 Å². The SMILES string of the molecule is C=C1CC2CC1CC2=CC(C)=CC. The minimum atomic E-state index is 0.820.